The van der Waals surface area contributed by atoms with Gasteiger partial charge in [-0.3, -0.25) is 0 Å². The average molecular weight is 179 g/mol. The Morgan fingerprint density at radius 2 is 2.23 bits per heavy atom. The number of methoxy groups -OCH3 is 1. The summed E-state index contributed by atoms with van der Waals surface area (Å²) in [4.78, 5) is 0. The van der Waals surface area contributed by atoms with Crippen LogP contribution in [0.1, 0.15) is 12.5 Å². The Bertz CT molecular complexity index is 260. The van der Waals surface area contributed by atoms with Crippen molar-refractivity contribution in [1.29, 1.82) is 0 Å². The molecule has 0 aliphatic heterocycles. The Balaban J connectivity index is 2.66. The van der Waals surface area contributed by atoms with E-state index in [0.29, 0.717) is 6.04 Å². The molecule has 0 heterocycles. The van der Waals surface area contributed by atoms with E-state index in [1.54, 1.807) is 7.11 Å². The van der Waals surface area contributed by atoms with Crippen molar-refractivity contribution >= 4 is 0 Å². The van der Waals surface area contributed by atoms with Crippen LogP contribution < -0.4 is 10.1 Å². The zero-order valence-corrected chi connectivity index (χ0v) is 8.50. The van der Waals surface area contributed by atoms with Gasteiger partial charge in [-0.1, -0.05) is 12.1 Å². The number of likely N-dealkylation sites (N-methyl/N-ethyl adjacent to an activating group) is 1. The molecule has 1 aromatic carbocycles. The number of rotatable bonds is 4. The Labute approximate surface area is 79.9 Å². The van der Waals surface area contributed by atoms with Gasteiger partial charge < -0.3 is 10.1 Å². The summed E-state index contributed by atoms with van der Waals surface area (Å²) in [7, 11) is 3.67. The van der Waals surface area contributed by atoms with E-state index in [1.165, 1.54) is 5.56 Å². The lowest BCUT2D eigenvalue weighted by Gasteiger charge is -2.10. The maximum Gasteiger partial charge on any atom is 0.119 e. The fourth-order valence-electron chi connectivity index (χ4n) is 1.26. The van der Waals surface area contributed by atoms with Crippen LogP contribution in [0.25, 0.3) is 0 Å². The van der Waals surface area contributed by atoms with E-state index in [9.17, 15) is 0 Å². The van der Waals surface area contributed by atoms with Crippen LogP contribution in [0.15, 0.2) is 24.3 Å². The first-order valence-corrected chi connectivity index (χ1v) is 4.56. The molecule has 0 saturated carbocycles. The molecule has 0 bridgehead atoms. The molecule has 1 aromatic rings. The van der Waals surface area contributed by atoms with E-state index >= 15 is 0 Å². The van der Waals surface area contributed by atoms with Crippen molar-refractivity contribution in [2.24, 2.45) is 0 Å². The van der Waals surface area contributed by atoms with Gasteiger partial charge in [0.2, 0.25) is 0 Å². The highest BCUT2D eigenvalue weighted by molar-refractivity contribution is 5.28. The van der Waals surface area contributed by atoms with Crippen LogP contribution in [-0.2, 0) is 6.42 Å². The summed E-state index contributed by atoms with van der Waals surface area (Å²) < 4.78 is 5.15. The molecule has 1 atom stereocenters. The molecule has 0 aliphatic rings. The van der Waals surface area contributed by atoms with E-state index in [2.05, 4.69) is 24.4 Å². The van der Waals surface area contributed by atoms with Crippen LogP contribution in [0, 0.1) is 0 Å². The van der Waals surface area contributed by atoms with E-state index in [1.807, 2.05) is 19.2 Å². The van der Waals surface area contributed by atoms with Crippen LogP contribution in [0.5, 0.6) is 5.75 Å². The summed E-state index contributed by atoms with van der Waals surface area (Å²) in [5, 5.41) is 3.21. The molecule has 1 N–H and O–H groups in total. The zero-order chi connectivity index (χ0) is 9.68. The minimum atomic E-state index is 0.507. The van der Waals surface area contributed by atoms with Gasteiger partial charge in [0.1, 0.15) is 5.75 Å². The maximum absolute atomic E-state index is 5.15. The molecule has 0 amide bonds. The molecule has 0 aliphatic carbocycles. The zero-order valence-electron chi connectivity index (χ0n) is 8.50. The SMILES string of the molecule is CNC(C)Cc1cccc(OC)c1. The Hall–Kier alpha value is -1.02. The van der Waals surface area contributed by atoms with Crippen LogP contribution in [-0.4, -0.2) is 20.2 Å². The summed E-state index contributed by atoms with van der Waals surface area (Å²) >= 11 is 0. The topological polar surface area (TPSA) is 21.3 Å². The largest absolute Gasteiger partial charge is 0.497 e. The lowest BCUT2D eigenvalue weighted by molar-refractivity contribution is 0.414. The van der Waals surface area contributed by atoms with Crippen molar-refractivity contribution in [3.05, 3.63) is 29.8 Å². The van der Waals surface area contributed by atoms with Crippen molar-refractivity contribution < 1.29 is 4.74 Å². The highest BCUT2D eigenvalue weighted by Gasteiger charge is 2.00. The van der Waals surface area contributed by atoms with Crippen molar-refractivity contribution in [1.82, 2.24) is 5.32 Å². The highest BCUT2D eigenvalue weighted by atomic mass is 16.5. The first-order valence-electron chi connectivity index (χ1n) is 4.56. The standard InChI is InChI=1S/C11H17NO/c1-9(12-2)7-10-5-4-6-11(8-10)13-3/h4-6,8-9,12H,7H2,1-3H3. The lowest BCUT2D eigenvalue weighted by atomic mass is 10.1. The summed E-state index contributed by atoms with van der Waals surface area (Å²) in [6.07, 6.45) is 1.04. The fourth-order valence-corrected chi connectivity index (χ4v) is 1.26. The number of ether oxygens (including phenoxy) is 1. The second-order valence-electron chi connectivity index (χ2n) is 3.25. The first-order chi connectivity index (χ1) is 6.26. The fraction of sp³-hybridized carbons (Fsp3) is 0.455. The molecule has 0 radical (unpaired) electrons. The van der Waals surface area contributed by atoms with Gasteiger partial charge in [-0.05, 0) is 38.1 Å². The van der Waals surface area contributed by atoms with Gasteiger partial charge in [-0.25, -0.2) is 0 Å². The second kappa shape index (κ2) is 4.87. The quantitative estimate of drug-likeness (QED) is 0.761. The van der Waals surface area contributed by atoms with Gasteiger partial charge in [0.25, 0.3) is 0 Å². The average Bonchev–Trinajstić information content (AvgIpc) is 2.18. The Morgan fingerprint density at radius 3 is 2.85 bits per heavy atom. The summed E-state index contributed by atoms with van der Waals surface area (Å²) in [6, 6.07) is 8.70. The van der Waals surface area contributed by atoms with Gasteiger partial charge in [0, 0.05) is 6.04 Å². The number of benzene rings is 1. The van der Waals surface area contributed by atoms with Crippen molar-refractivity contribution in [3.63, 3.8) is 0 Å². The van der Waals surface area contributed by atoms with Crippen molar-refractivity contribution in [2.75, 3.05) is 14.2 Å². The number of hydrogen-bond donors (Lipinski definition) is 1. The number of nitrogens with one attached hydrogen (secondary N) is 1. The van der Waals surface area contributed by atoms with Gasteiger partial charge in [-0.2, -0.15) is 0 Å². The van der Waals surface area contributed by atoms with E-state index in [4.69, 9.17) is 4.74 Å². The van der Waals surface area contributed by atoms with Crippen LogP contribution in [0.2, 0.25) is 0 Å². The molecule has 1 unspecified atom stereocenters. The third-order valence-electron chi connectivity index (χ3n) is 2.17. The van der Waals surface area contributed by atoms with Crippen LogP contribution in [0.4, 0.5) is 0 Å². The van der Waals surface area contributed by atoms with Gasteiger partial charge in [0.15, 0.2) is 0 Å². The predicted molar refractivity (Wildman–Crippen MR) is 55.2 cm³/mol. The minimum Gasteiger partial charge on any atom is -0.497 e. The molecule has 13 heavy (non-hydrogen) atoms. The normalized spacial score (nSPS) is 12.5. The van der Waals surface area contributed by atoms with E-state index in [-0.39, 0.29) is 0 Å². The molecule has 0 fully saturated rings. The smallest absolute Gasteiger partial charge is 0.119 e. The van der Waals surface area contributed by atoms with Crippen molar-refractivity contribution in [2.45, 2.75) is 19.4 Å². The lowest BCUT2D eigenvalue weighted by Crippen LogP contribution is -2.23. The Morgan fingerprint density at radius 1 is 1.46 bits per heavy atom. The van der Waals surface area contributed by atoms with Crippen molar-refractivity contribution in [3.8, 4) is 5.75 Å². The number of hydrogen-bond acceptors (Lipinski definition) is 2. The minimum absolute atomic E-state index is 0.507. The van der Waals surface area contributed by atoms with E-state index < -0.39 is 0 Å². The molecular formula is C11H17NO. The molecule has 72 valence electrons. The summed E-state index contributed by atoms with van der Waals surface area (Å²) in [6.45, 7) is 2.17. The monoisotopic (exact) mass is 179 g/mol. The highest BCUT2D eigenvalue weighted by Crippen LogP contribution is 2.13. The molecule has 2 nitrogen and oxygen atoms in total. The third kappa shape index (κ3) is 3.07. The van der Waals surface area contributed by atoms with Gasteiger partial charge >= 0.3 is 0 Å². The van der Waals surface area contributed by atoms with Crippen LogP contribution >= 0.6 is 0 Å². The Kier molecular flexibility index (Phi) is 3.77. The maximum atomic E-state index is 5.15. The molecule has 0 spiro atoms. The summed E-state index contributed by atoms with van der Waals surface area (Å²) in [5.41, 5.74) is 1.31. The molecule has 2 heteroatoms. The third-order valence-corrected chi connectivity index (χ3v) is 2.17. The molecule has 1 rings (SSSR count). The summed E-state index contributed by atoms with van der Waals surface area (Å²) in [5.74, 6) is 0.931. The van der Waals surface area contributed by atoms with Crippen LogP contribution in [0.3, 0.4) is 0 Å². The first kappa shape index (κ1) is 10.1. The second-order valence-corrected chi connectivity index (χ2v) is 3.25. The van der Waals surface area contributed by atoms with E-state index in [0.717, 1.165) is 12.2 Å². The predicted octanol–water partition coefficient (Wildman–Crippen LogP) is 1.85. The molecule has 0 saturated heterocycles. The molecule has 0 aromatic heterocycles. The van der Waals surface area contributed by atoms with Gasteiger partial charge in [0.05, 0.1) is 7.11 Å². The van der Waals surface area contributed by atoms with Gasteiger partial charge in [-0.15, -0.1) is 0 Å². The molecular weight excluding hydrogens is 162 g/mol.